The molecule has 0 radical (unpaired) electrons. The number of nitrogens with two attached hydrogens (primary N) is 1. The molecule has 1 aliphatic rings. The lowest BCUT2D eigenvalue weighted by molar-refractivity contribution is 0.290. The SMILES string of the molecule is NC1CCCCC1c1nc(-c2ccc(Br)s2)no1. The molecule has 2 aromatic heterocycles. The molecule has 0 amide bonds. The molecular formula is C12H14BrN3OS. The van der Waals surface area contributed by atoms with Crippen LogP contribution in [0.5, 0.6) is 0 Å². The topological polar surface area (TPSA) is 64.9 Å². The van der Waals surface area contributed by atoms with Gasteiger partial charge in [-0.2, -0.15) is 4.98 Å². The van der Waals surface area contributed by atoms with E-state index >= 15 is 0 Å². The summed E-state index contributed by atoms with van der Waals surface area (Å²) in [4.78, 5) is 5.51. The zero-order chi connectivity index (χ0) is 12.5. The summed E-state index contributed by atoms with van der Waals surface area (Å²) < 4.78 is 6.46. The number of halogens is 1. The molecule has 1 fully saturated rings. The highest BCUT2D eigenvalue weighted by molar-refractivity contribution is 9.11. The minimum absolute atomic E-state index is 0.155. The average Bonchev–Trinajstić information content (AvgIpc) is 2.98. The number of aromatic nitrogens is 2. The third-order valence-corrected chi connectivity index (χ3v) is 4.99. The fraction of sp³-hybridized carbons (Fsp3) is 0.500. The first-order chi connectivity index (χ1) is 8.74. The van der Waals surface area contributed by atoms with Crippen LogP contribution >= 0.6 is 27.3 Å². The molecular weight excluding hydrogens is 314 g/mol. The molecule has 2 aromatic rings. The number of hydrogen-bond acceptors (Lipinski definition) is 5. The molecule has 0 aromatic carbocycles. The van der Waals surface area contributed by atoms with Gasteiger partial charge in [0.05, 0.1) is 14.6 Å². The highest BCUT2D eigenvalue weighted by Crippen LogP contribution is 2.34. The highest BCUT2D eigenvalue weighted by Gasteiger charge is 2.28. The van der Waals surface area contributed by atoms with Crippen LogP contribution in [0, 0.1) is 0 Å². The van der Waals surface area contributed by atoms with E-state index in [9.17, 15) is 0 Å². The van der Waals surface area contributed by atoms with Gasteiger partial charge in [-0.05, 0) is 40.9 Å². The van der Waals surface area contributed by atoms with Crippen LogP contribution in [0.2, 0.25) is 0 Å². The van der Waals surface area contributed by atoms with Crippen molar-refractivity contribution >= 4 is 27.3 Å². The van der Waals surface area contributed by atoms with Gasteiger partial charge in [0.2, 0.25) is 11.7 Å². The van der Waals surface area contributed by atoms with E-state index in [1.54, 1.807) is 11.3 Å². The molecule has 0 spiro atoms. The van der Waals surface area contributed by atoms with Crippen molar-refractivity contribution in [2.45, 2.75) is 37.6 Å². The van der Waals surface area contributed by atoms with Gasteiger partial charge in [0.15, 0.2) is 0 Å². The normalized spacial score (nSPS) is 24.3. The predicted molar refractivity (Wildman–Crippen MR) is 74.5 cm³/mol. The zero-order valence-corrected chi connectivity index (χ0v) is 12.2. The van der Waals surface area contributed by atoms with Gasteiger partial charge in [0, 0.05) is 6.04 Å². The summed E-state index contributed by atoms with van der Waals surface area (Å²) in [6.45, 7) is 0. The molecule has 1 saturated carbocycles. The lowest BCUT2D eigenvalue weighted by Crippen LogP contribution is -2.31. The van der Waals surface area contributed by atoms with Crippen LogP contribution in [0.1, 0.15) is 37.5 Å². The molecule has 4 nitrogen and oxygen atoms in total. The second-order valence-electron chi connectivity index (χ2n) is 4.61. The molecule has 0 aliphatic heterocycles. The van der Waals surface area contributed by atoms with E-state index in [0.717, 1.165) is 21.5 Å². The summed E-state index contributed by atoms with van der Waals surface area (Å²) in [7, 11) is 0. The lowest BCUT2D eigenvalue weighted by atomic mass is 9.85. The Labute approximate surface area is 118 Å². The van der Waals surface area contributed by atoms with Gasteiger partial charge in [0.1, 0.15) is 0 Å². The molecule has 1 aliphatic carbocycles. The first-order valence-corrected chi connectivity index (χ1v) is 7.70. The Morgan fingerprint density at radius 1 is 1.33 bits per heavy atom. The summed E-state index contributed by atoms with van der Waals surface area (Å²) in [5.41, 5.74) is 6.13. The number of nitrogens with zero attached hydrogens (tertiary/aromatic N) is 2. The van der Waals surface area contributed by atoms with Crippen LogP contribution in [-0.2, 0) is 0 Å². The quantitative estimate of drug-likeness (QED) is 0.916. The molecule has 0 saturated heterocycles. The number of thiophene rings is 1. The Balaban J connectivity index is 1.84. The molecule has 6 heteroatoms. The average molecular weight is 328 g/mol. The second kappa shape index (κ2) is 5.11. The van der Waals surface area contributed by atoms with Gasteiger partial charge in [0.25, 0.3) is 0 Å². The van der Waals surface area contributed by atoms with Crippen molar-refractivity contribution in [1.29, 1.82) is 0 Å². The van der Waals surface area contributed by atoms with Crippen LogP contribution in [0.3, 0.4) is 0 Å². The largest absolute Gasteiger partial charge is 0.339 e. The Bertz CT molecular complexity index is 539. The van der Waals surface area contributed by atoms with E-state index in [1.165, 1.54) is 12.8 Å². The van der Waals surface area contributed by atoms with Gasteiger partial charge in [-0.1, -0.05) is 18.0 Å². The Morgan fingerprint density at radius 2 is 2.17 bits per heavy atom. The Hall–Kier alpha value is -0.720. The third-order valence-electron chi connectivity index (χ3n) is 3.37. The standard InChI is InChI=1S/C12H14BrN3OS/c13-10-6-5-9(18-10)11-15-12(17-16-11)7-3-1-2-4-8(7)14/h5-8H,1-4,14H2. The van der Waals surface area contributed by atoms with Gasteiger partial charge in [-0.3, -0.25) is 0 Å². The van der Waals surface area contributed by atoms with Crippen LogP contribution in [0.4, 0.5) is 0 Å². The second-order valence-corrected chi connectivity index (χ2v) is 7.08. The number of rotatable bonds is 2. The van der Waals surface area contributed by atoms with Crippen molar-refractivity contribution in [3.63, 3.8) is 0 Å². The molecule has 0 bridgehead atoms. The third kappa shape index (κ3) is 2.37. The fourth-order valence-corrected chi connectivity index (χ4v) is 3.70. The number of hydrogen-bond donors (Lipinski definition) is 1. The molecule has 3 rings (SSSR count). The first-order valence-electron chi connectivity index (χ1n) is 6.09. The van der Waals surface area contributed by atoms with E-state index in [2.05, 4.69) is 26.1 Å². The Kier molecular flexibility index (Phi) is 3.50. The monoisotopic (exact) mass is 327 g/mol. The lowest BCUT2D eigenvalue weighted by Gasteiger charge is -2.25. The van der Waals surface area contributed by atoms with Crippen LogP contribution < -0.4 is 5.73 Å². The Morgan fingerprint density at radius 3 is 2.89 bits per heavy atom. The minimum atomic E-state index is 0.155. The predicted octanol–water partition coefficient (Wildman–Crippen LogP) is 3.55. The van der Waals surface area contributed by atoms with Crippen molar-refractivity contribution in [2.75, 3.05) is 0 Å². The van der Waals surface area contributed by atoms with E-state index in [0.29, 0.717) is 11.7 Å². The van der Waals surface area contributed by atoms with Gasteiger partial charge in [-0.25, -0.2) is 0 Å². The van der Waals surface area contributed by atoms with Crippen molar-refractivity contribution < 1.29 is 4.52 Å². The summed E-state index contributed by atoms with van der Waals surface area (Å²) in [6.07, 6.45) is 4.50. The van der Waals surface area contributed by atoms with Gasteiger partial charge >= 0.3 is 0 Å². The van der Waals surface area contributed by atoms with E-state index in [1.807, 2.05) is 12.1 Å². The van der Waals surface area contributed by atoms with Crippen molar-refractivity contribution in [2.24, 2.45) is 5.73 Å². The summed E-state index contributed by atoms with van der Waals surface area (Å²) in [6, 6.07) is 4.13. The molecule has 2 atom stereocenters. The van der Waals surface area contributed by atoms with Crippen molar-refractivity contribution in [3.8, 4) is 10.7 Å². The van der Waals surface area contributed by atoms with E-state index in [-0.39, 0.29) is 12.0 Å². The molecule has 2 N–H and O–H groups in total. The molecule has 18 heavy (non-hydrogen) atoms. The van der Waals surface area contributed by atoms with Crippen LogP contribution in [0.25, 0.3) is 10.7 Å². The minimum Gasteiger partial charge on any atom is -0.339 e. The van der Waals surface area contributed by atoms with Crippen molar-refractivity contribution in [1.82, 2.24) is 10.1 Å². The fourth-order valence-electron chi connectivity index (χ4n) is 2.39. The maximum atomic E-state index is 6.13. The smallest absolute Gasteiger partial charge is 0.231 e. The molecule has 2 heterocycles. The van der Waals surface area contributed by atoms with Gasteiger partial charge < -0.3 is 10.3 Å². The summed E-state index contributed by atoms with van der Waals surface area (Å²) in [5.74, 6) is 1.59. The highest BCUT2D eigenvalue weighted by atomic mass is 79.9. The molecule has 2 unspecified atom stereocenters. The zero-order valence-electron chi connectivity index (χ0n) is 9.80. The van der Waals surface area contributed by atoms with Crippen LogP contribution in [0.15, 0.2) is 20.4 Å². The first kappa shape index (κ1) is 12.3. The summed E-state index contributed by atoms with van der Waals surface area (Å²) >= 11 is 5.04. The van der Waals surface area contributed by atoms with E-state index in [4.69, 9.17) is 10.3 Å². The maximum Gasteiger partial charge on any atom is 0.231 e. The van der Waals surface area contributed by atoms with Crippen molar-refractivity contribution in [3.05, 3.63) is 21.8 Å². The summed E-state index contributed by atoms with van der Waals surface area (Å²) in [5, 5.41) is 4.06. The van der Waals surface area contributed by atoms with Crippen LogP contribution in [-0.4, -0.2) is 16.2 Å². The maximum absolute atomic E-state index is 6.13. The molecule has 96 valence electrons. The van der Waals surface area contributed by atoms with Gasteiger partial charge in [-0.15, -0.1) is 11.3 Å². The van der Waals surface area contributed by atoms with E-state index < -0.39 is 0 Å².